The van der Waals surface area contributed by atoms with Crippen LogP contribution in [0.15, 0.2) is 36.5 Å². The molecule has 0 N–H and O–H groups in total. The molecule has 2 aliphatic rings. The van der Waals surface area contributed by atoms with Gasteiger partial charge in [-0.25, -0.2) is 9.97 Å². The van der Waals surface area contributed by atoms with Gasteiger partial charge in [0.15, 0.2) is 11.5 Å². The lowest BCUT2D eigenvalue weighted by molar-refractivity contribution is -0.132. The van der Waals surface area contributed by atoms with Crippen LogP contribution in [0, 0.1) is 12.8 Å². The third-order valence-corrected chi connectivity index (χ3v) is 7.11. The number of hydrogen-bond acceptors (Lipinski definition) is 4. The number of piperidine rings is 1. The Kier molecular flexibility index (Phi) is 5.70. The van der Waals surface area contributed by atoms with Crippen molar-refractivity contribution in [1.82, 2.24) is 24.6 Å². The molecule has 1 aliphatic carbocycles. The molecule has 3 aromatic rings. The van der Waals surface area contributed by atoms with E-state index >= 15 is 0 Å². The van der Waals surface area contributed by atoms with Crippen molar-refractivity contribution < 1.29 is 4.79 Å². The molecule has 6 heteroatoms. The summed E-state index contributed by atoms with van der Waals surface area (Å²) in [6.45, 7) is 3.69. The van der Waals surface area contributed by atoms with Crippen molar-refractivity contribution in [1.29, 1.82) is 0 Å². The van der Waals surface area contributed by atoms with E-state index in [1.807, 2.05) is 29.8 Å². The Morgan fingerprint density at radius 2 is 1.87 bits per heavy atom. The molecule has 1 amide bonds. The Balaban J connectivity index is 1.27. The zero-order chi connectivity index (χ0) is 21.2. The van der Waals surface area contributed by atoms with Crippen LogP contribution in [0.3, 0.4) is 0 Å². The highest BCUT2D eigenvalue weighted by Crippen LogP contribution is 2.31. The van der Waals surface area contributed by atoms with Crippen molar-refractivity contribution in [2.45, 2.75) is 64.2 Å². The second-order valence-corrected chi connectivity index (χ2v) is 9.14. The summed E-state index contributed by atoms with van der Waals surface area (Å²) >= 11 is 0. The highest BCUT2D eigenvalue weighted by atomic mass is 16.2. The van der Waals surface area contributed by atoms with Crippen molar-refractivity contribution in [3.63, 3.8) is 0 Å². The molecule has 1 saturated heterocycles. The van der Waals surface area contributed by atoms with Crippen LogP contribution in [0.25, 0.3) is 16.9 Å². The Morgan fingerprint density at radius 1 is 1.06 bits per heavy atom. The van der Waals surface area contributed by atoms with Crippen molar-refractivity contribution in [3.8, 4) is 5.82 Å². The summed E-state index contributed by atoms with van der Waals surface area (Å²) < 4.78 is 1.84. The minimum Gasteiger partial charge on any atom is -0.343 e. The van der Waals surface area contributed by atoms with Crippen LogP contribution < -0.4 is 0 Å². The monoisotopic (exact) mass is 417 g/mol. The van der Waals surface area contributed by atoms with Gasteiger partial charge >= 0.3 is 0 Å². The van der Waals surface area contributed by atoms with E-state index in [-0.39, 0.29) is 0 Å². The standard InChI is InChI=1S/C25H31N5O/c1-18-21-10-11-22(27-25(21)30(28-18)23-8-4-5-15-26-23)20-13-16-29(17-14-20)24(31)12-9-19-6-2-3-7-19/h4-5,8,10-11,15,19-20H,2-3,6-7,9,12-14,16-17H2,1H3. The first-order chi connectivity index (χ1) is 15.2. The molecule has 2 fully saturated rings. The molecule has 0 radical (unpaired) electrons. The van der Waals surface area contributed by atoms with Gasteiger partial charge in [0.2, 0.25) is 5.91 Å². The maximum Gasteiger partial charge on any atom is 0.222 e. The molecule has 1 saturated carbocycles. The predicted octanol–water partition coefficient (Wildman–Crippen LogP) is 4.80. The first kappa shape index (κ1) is 20.2. The van der Waals surface area contributed by atoms with Gasteiger partial charge in [0.1, 0.15) is 0 Å². The van der Waals surface area contributed by atoms with Crippen molar-refractivity contribution in [2.24, 2.45) is 5.92 Å². The quantitative estimate of drug-likeness (QED) is 0.598. The number of carbonyl (C=O) groups excluding carboxylic acids is 1. The number of aromatic nitrogens is 4. The van der Waals surface area contributed by atoms with E-state index in [2.05, 4.69) is 27.1 Å². The van der Waals surface area contributed by atoms with Gasteiger partial charge in [0.25, 0.3) is 0 Å². The Labute approximate surface area is 183 Å². The SMILES string of the molecule is Cc1nn(-c2ccccn2)c2nc(C3CCN(C(=O)CCC4CCCC4)CC3)ccc12. The first-order valence-electron chi connectivity index (χ1n) is 11.7. The lowest BCUT2D eigenvalue weighted by Gasteiger charge is -2.32. The maximum absolute atomic E-state index is 12.7. The van der Waals surface area contributed by atoms with Crippen LogP contribution in [-0.2, 0) is 4.79 Å². The molecule has 0 spiro atoms. The summed E-state index contributed by atoms with van der Waals surface area (Å²) in [5.41, 5.74) is 2.92. The maximum atomic E-state index is 12.7. The highest BCUT2D eigenvalue weighted by molar-refractivity contribution is 5.79. The number of pyridine rings is 2. The molecule has 0 aromatic carbocycles. The predicted molar refractivity (Wildman–Crippen MR) is 121 cm³/mol. The van der Waals surface area contributed by atoms with E-state index in [0.717, 1.165) is 72.9 Å². The number of amides is 1. The summed E-state index contributed by atoms with van der Waals surface area (Å²) in [5, 5.41) is 5.74. The lowest BCUT2D eigenvalue weighted by atomic mass is 9.92. The van der Waals surface area contributed by atoms with Gasteiger partial charge in [-0.1, -0.05) is 31.7 Å². The zero-order valence-corrected chi connectivity index (χ0v) is 18.3. The van der Waals surface area contributed by atoms with Gasteiger partial charge in [-0.2, -0.15) is 9.78 Å². The largest absolute Gasteiger partial charge is 0.343 e. The number of rotatable bonds is 5. The molecule has 4 heterocycles. The molecule has 1 aliphatic heterocycles. The average Bonchev–Trinajstić information content (AvgIpc) is 3.46. The first-order valence-corrected chi connectivity index (χ1v) is 11.7. The molecule has 6 nitrogen and oxygen atoms in total. The van der Waals surface area contributed by atoms with E-state index in [1.54, 1.807) is 6.20 Å². The number of nitrogens with zero attached hydrogens (tertiary/aromatic N) is 5. The van der Waals surface area contributed by atoms with Crippen LogP contribution in [0.1, 0.15) is 68.7 Å². The summed E-state index contributed by atoms with van der Waals surface area (Å²) in [5.74, 6) is 2.30. The minimum absolute atomic E-state index is 0.345. The average molecular weight is 418 g/mol. The molecule has 0 unspecified atom stereocenters. The van der Waals surface area contributed by atoms with Crippen molar-refractivity contribution >= 4 is 16.9 Å². The van der Waals surface area contributed by atoms with Gasteiger partial charge < -0.3 is 4.90 Å². The van der Waals surface area contributed by atoms with Crippen LogP contribution in [0.2, 0.25) is 0 Å². The summed E-state index contributed by atoms with van der Waals surface area (Å²) in [6, 6.07) is 10.1. The van der Waals surface area contributed by atoms with Crippen molar-refractivity contribution in [2.75, 3.05) is 13.1 Å². The highest BCUT2D eigenvalue weighted by Gasteiger charge is 2.26. The third-order valence-electron chi connectivity index (χ3n) is 7.11. The molecule has 3 aromatic heterocycles. The van der Waals surface area contributed by atoms with Crippen molar-refractivity contribution in [3.05, 3.63) is 47.9 Å². The number of fused-ring (bicyclic) bond motifs is 1. The molecule has 5 rings (SSSR count). The number of carbonyl (C=O) groups is 1. The van der Waals surface area contributed by atoms with E-state index in [1.165, 1.54) is 25.7 Å². The second kappa shape index (κ2) is 8.77. The molecule has 0 atom stereocenters. The fourth-order valence-corrected chi connectivity index (χ4v) is 5.23. The van der Waals surface area contributed by atoms with Gasteiger partial charge in [-0.3, -0.25) is 4.79 Å². The van der Waals surface area contributed by atoms with Gasteiger partial charge in [0.05, 0.1) is 5.69 Å². The van der Waals surface area contributed by atoms with Crippen LogP contribution >= 0.6 is 0 Å². The molecule has 0 bridgehead atoms. The zero-order valence-electron chi connectivity index (χ0n) is 18.3. The van der Waals surface area contributed by atoms with E-state index in [4.69, 9.17) is 4.98 Å². The summed E-state index contributed by atoms with van der Waals surface area (Å²) in [6.07, 6.45) is 10.9. The molecular weight excluding hydrogens is 386 g/mol. The van der Waals surface area contributed by atoms with Crippen LogP contribution in [0.5, 0.6) is 0 Å². The Hall–Kier alpha value is -2.76. The number of aryl methyl sites for hydroxylation is 1. The fourth-order valence-electron chi connectivity index (χ4n) is 5.23. The van der Waals surface area contributed by atoms with Crippen LogP contribution in [0.4, 0.5) is 0 Å². The summed E-state index contributed by atoms with van der Waals surface area (Å²) in [7, 11) is 0. The Bertz CT molecular complexity index is 1050. The van der Waals surface area contributed by atoms with E-state index in [0.29, 0.717) is 11.8 Å². The molecular formula is C25H31N5O. The second-order valence-electron chi connectivity index (χ2n) is 9.14. The smallest absolute Gasteiger partial charge is 0.222 e. The van der Waals surface area contributed by atoms with Gasteiger partial charge in [0, 0.05) is 42.7 Å². The normalized spacial score (nSPS) is 18.2. The lowest BCUT2D eigenvalue weighted by Crippen LogP contribution is -2.38. The van der Waals surface area contributed by atoms with Crippen LogP contribution in [-0.4, -0.2) is 43.6 Å². The molecule has 162 valence electrons. The third kappa shape index (κ3) is 4.21. The van der Waals surface area contributed by atoms with E-state index < -0.39 is 0 Å². The van der Waals surface area contributed by atoms with Gasteiger partial charge in [-0.05, 0) is 56.4 Å². The molecule has 31 heavy (non-hydrogen) atoms. The van der Waals surface area contributed by atoms with Gasteiger partial charge in [-0.15, -0.1) is 0 Å². The summed E-state index contributed by atoms with van der Waals surface area (Å²) in [4.78, 5) is 24.2. The number of likely N-dealkylation sites (tertiary alicyclic amines) is 1. The minimum atomic E-state index is 0.345. The van der Waals surface area contributed by atoms with E-state index in [9.17, 15) is 4.79 Å². The Morgan fingerprint density at radius 3 is 2.61 bits per heavy atom. The number of hydrogen-bond donors (Lipinski definition) is 0. The topological polar surface area (TPSA) is 63.9 Å². The fraction of sp³-hybridized carbons (Fsp3) is 0.520.